The Hall–Kier alpha value is -3.00. The van der Waals surface area contributed by atoms with Gasteiger partial charge in [-0.1, -0.05) is 29.8 Å². The van der Waals surface area contributed by atoms with Crippen molar-refractivity contribution in [2.24, 2.45) is 4.99 Å². The van der Waals surface area contributed by atoms with Gasteiger partial charge in [-0.05, 0) is 44.5 Å². The number of carbonyl (C=O) groups excluding carboxylic acids is 2. The molecule has 0 aliphatic carbocycles. The van der Waals surface area contributed by atoms with Gasteiger partial charge >= 0.3 is 5.97 Å². The summed E-state index contributed by atoms with van der Waals surface area (Å²) in [5, 5.41) is 0. The first-order chi connectivity index (χ1) is 13.2. The van der Waals surface area contributed by atoms with Crippen LogP contribution in [0.2, 0.25) is 0 Å². The highest BCUT2D eigenvalue weighted by atomic mass is 32.2. The van der Waals surface area contributed by atoms with E-state index in [9.17, 15) is 18.0 Å². The number of aliphatic imine (C=N–C) groups is 1. The lowest BCUT2D eigenvalue weighted by atomic mass is 9.99. The van der Waals surface area contributed by atoms with E-state index in [0.717, 1.165) is 11.1 Å². The van der Waals surface area contributed by atoms with E-state index in [1.54, 1.807) is 24.3 Å². The molecule has 0 aromatic heterocycles. The Labute approximate surface area is 163 Å². The van der Waals surface area contributed by atoms with Crippen molar-refractivity contribution in [2.45, 2.75) is 31.8 Å². The van der Waals surface area contributed by atoms with Crippen molar-refractivity contribution in [3.63, 3.8) is 0 Å². The molecular weight excluding hydrogens is 380 g/mol. The van der Waals surface area contributed by atoms with Crippen LogP contribution < -0.4 is 4.72 Å². The van der Waals surface area contributed by atoms with Crippen LogP contribution in [0.1, 0.15) is 34.0 Å². The lowest BCUT2D eigenvalue weighted by molar-refractivity contribution is -0.144. The minimum absolute atomic E-state index is 0.0843. The summed E-state index contributed by atoms with van der Waals surface area (Å²) in [7, 11) is -3.67. The largest absolute Gasteiger partial charge is 0.453 e. The van der Waals surface area contributed by atoms with Crippen LogP contribution in [-0.2, 0) is 19.6 Å². The molecule has 0 spiro atoms. The Balaban J connectivity index is 1.69. The number of Topliss-reactive ketones (excluding diaryl/α,β-unsaturated/α-hetero) is 1. The number of esters is 1. The number of nitrogens with one attached hydrogen (secondary N) is 1. The second-order valence-corrected chi connectivity index (χ2v) is 8.23. The van der Waals surface area contributed by atoms with Gasteiger partial charge in [0, 0.05) is 11.1 Å². The number of nitrogens with zero attached hydrogens (tertiary/aromatic N) is 1. The Morgan fingerprint density at radius 2 is 1.86 bits per heavy atom. The minimum atomic E-state index is -3.67. The third-order valence-electron chi connectivity index (χ3n) is 4.36. The van der Waals surface area contributed by atoms with Crippen LogP contribution in [0.5, 0.6) is 0 Å². The smallest absolute Gasteiger partial charge is 0.328 e. The van der Waals surface area contributed by atoms with Crippen LogP contribution in [0.15, 0.2) is 52.4 Å². The molecule has 0 saturated carbocycles. The van der Waals surface area contributed by atoms with E-state index in [0.29, 0.717) is 11.1 Å². The van der Waals surface area contributed by atoms with Gasteiger partial charge in [-0.2, -0.15) is 0 Å². The molecule has 3 rings (SSSR count). The average molecular weight is 400 g/mol. The summed E-state index contributed by atoms with van der Waals surface area (Å²) >= 11 is 0. The van der Waals surface area contributed by atoms with Crippen molar-refractivity contribution in [1.29, 1.82) is 0 Å². The molecule has 1 aliphatic heterocycles. The SMILES string of the molecule is Cc1ccc(C)c(C(=O)[C@H](C)OC(=O)CN=C2NS(=O)(=O)c3ccccc32)c1. The molecule has 1 aliphatic rings. The maximum Gasteiger partial charge on any atom is 0.328 e. The second-order valence-electron chi connectivity index (χ2n) is 6.58. The minimum Gasteiger partial charge on any atom is -0.453 e. The van der Waals surface area contributed by atoms with Gasteiger partial charge in [0.05, 0.1) is 4.90 Å². The predicted molar refractivity (Wildman–Crippen MR) is 104 cm³/mol. The van der Waals surface area contributed by atoms with E-state index in [1.165, 1.54) is 13.0 Å². The normalized spacial score (nSPS) is 16.9. The Morgan fingerprint density at radius 3 is 2.61 bits per heavy atom. The maximum atomic E-state index is 12.6. The number of fused-ring (bicyclic) bond motifs is 1. The van der Waals surface area contributed by atoms with Gasteiger partial charge < -0.3 is 4.74 Å². The molecule has 1 atom stereocenters. The van der Waals surface area contributed by atoms with E-state index in [2.05, 4.69) is 9.71 Å². The highest BCUT2D eigenvalue weighted by molar-refractivity contribution is 7.90. The fourth-order valence-electron chi connectivity index (χ4n) is 2.90. The van der Waals surface area contributed by atoms with Crippen LogP contribution in [0.4, 0.5) is 0 Å². The van der Waals surface area contributed by atoms with Crippen molar-refractivity contribution in [2.75, 3.05) is 6.54 Å². The van der Waals surface area contributed by atoms with Gasteiger partial charge in [0.25, 0.3) is 10.0 Å². The zero-order valence-corrected chi connectivity index (χ0v) is 16.5. The quantitative estimate of drug-likeness (QED) is 0.612. The lowest BCUT2D eigenvalue weighted by Crippen LogP contribution is -2.27. The zero-order chi connectivity index (χ0) is 20.5. The van der Waals surface area contributed by atoms with Crippen LogP contribution in [0.25, 0.3) is 0 Å². The van der Waals surface area contributed by atoms with E-state index >= 15 is 0 Å². The van der Waals surface area contributed by atoms with E-state index in [-0.39, 0.29) is 16.5 Å². The molecule has 7 nitrogen and oxygen atoms in total. The lowest BCUT2D eigenvalue weighted by Gasteiger charge is -2.13. The van der Waals surface area contributed by atoms with E-state index in [4.69, 9.17) is 4.74 Å². The number of rotatable bonds is 5. The molecule has 0 fully saturated rings. The monoisotopic (exact) mass is 400 g/mol. The summed E-state index contributed by atoms with van der Waals surface area (Å²) in [6.07, 6.45) is -0.972. The summed E-state index contributed by atoms with van der Waals surface area (Å²) in [5.74, 6) is -0.933. The molecule has 0 unspecified atom stereocenters. The number of ketones is 1. The first-order valence-corrected chi connectivity index (χ1v) is 10.1. The molecule has 2 aromatic carbocycles. The first kappa shape index (κ1) is 19.8. The van der Waals surface area contributed by atoms with Gasteiger partial charge in [-0.15, -0.1) is 0 Å². The highest BCUT2D eigenvalue weighted by Gasteiger charge is 2.30. The average Bonchev–Trinajstić information content (AvgIpc) is 2.92. The summed E-state index contributed by atoms with van der Waals surface area (Å²) in [6, 6.07) is 11.8. The standard InChI is InChI=1S/C20H20N2O5S/c1-12-8-9-13(2)16(10-12)19(24)14(3)27-18(23)11-21-20-15-6-4-5-7-17(15)28(25,26)22-20/h4-10,14H,11H2,1-3H3,(H,21,22)/t14-/m0/s1. The molecule has 0 bridgehead atoms. The molecule has 28 heavy (non-hydrogen) atoms. The van der Waals surface area contributed by atoms with Crippen LogP contribution >= 0.6 is 0 Å². The molecule has 146 valence electrons. The molecule has 0 saturated heterocycles. The highest BCUT2D eigenvalue weighted by Crippen LogP contribution is 2.22. The number of carbonyl (C=O) groups is 2. The predicted octanol–water partition coefficient (Wildman–Crippen LogP) is 2.16. The zero-order valence-electron chi connectivity index (χ0n) is 15.7. The van der Waals surface area contributed by atoms with Gasteiger partial charge in [-0.25, -0.2) is 8.42 Å². The molecule has 2 aromatic rings. The number of hydrogen-bond acceptors (Lipinski definition) is 6. The molecular formula is C20H20N2O5S. The van der Waals surface area contributed by atoms with Crippen molar-refractivity contribution >= 4 is 27.6 Å². The second kappa shape index (κ2) is 7.55. The van der Waals surface area contributed by atoms with Crippen LogP contribution in [0, 0.1) is 13.8 Å². The van der Waals surface area contributed by atoms with E-state index < -0.39 is 28.6 Å². The maximum absolute atomic E-state index is 12.6. The summed E-state index contributed by atoms with van der Waals surface area (Å²) in [6.45, 7) is 4.79. The van der Waals surface area contributed by atoms with Crippen molar-refractivity contribution in [1.82, 2.24) is 4.72 Å². The van der Waals surface area contributed by atoms with Gasteiger partial charge in [0.15, 0.2) is 6.10 Å². The summed E-state index contributed by atoms with van der Waals surface area (Å²) < 4.78 is 31.6. The first-order valence-electron chi connectivity index (χ1n) is 8.66. The molecule has 8 heteroatoms. The van der Waals surface area contributed by atoms with Crippen molar-refractivity contribution in [3.8, 4) is 0 Å². The number of ether oxygens (including phenoxy) is 1. The third-order valence-corrected chi connectivity index (χ3v) is 5.76. The molecule has 1 heterocycles. The van der Waals surface area contributed by atoms with Crippen LogP contribution in [0.3, 0.4) is 0 Å². The molecule has 0 amide bonds. The van der Waals surface area contributed by atoms with E-state index in [1.807, 2.05) is 26.0 Å². The van der Waals surface area contributed by atoms with Crippen LogP contribution in [-0.4, -0.2) is 38.7 Å². The fourth-order valence-corrected chi connectivity index (χ4v) is 4.15. The fraction of sp³-hybridized carbons (Fsp3) is 0.250. The number of hydrogen-bond donors (Lipinski definition) is 1. The summed E-state index contributed by atoms with van der Waals surface area (Å²) in [5.41, 5.74) is 2.64. The summed E-state index contributed by atoms with van der Waals surface area (Å²) in [4.78, 5) is 28.8. The van der Waals surface area contributed by atoms with Gasteiger partial charge in [0.1, 0.15) is 12.4 Å². The molecule has 0 radical (unpaired) electrons. The third kappa shape index (κ3) is 3.96. The Bertz CT molecular complexity index is 1090. The number of benzene rings is 2. The van der Waals surface area contributed by atoms with Crippen molar-refractivity contribution in [3.05, 3.63) is 64.7 Å². The number of aryl methyl sites for hydroxylation is 2. The topological polar surface area (TPSA) is 102 Å². The molecule has 1 N–H and O–H groups in total. The number of sulfonamides is 1. The Kier molecular flexibility index (Phi) is 5.33. The van der Waals surface area contributed by atoms with Gasteiger partial charge in [0.2, 0.25) is 5.78 Å². The van der Waals surface area contributed by atoms with Crippen molar-refractivity contribution < 1.29 is 22.7 Å². The van der Waals surface area contributed by atoms with Gasteiger partial charge in [-0.3, -0.25) is 19.3 Å². The Morgan fingerprint density at radius 1 is 1.14 bits per heavy atom. The number of amidine groups is 1.